The summed E-state index contributed by atoms with van der Waals surface area (Å²) < 4.78 is 11.5. The van der Waals surface area contributed by atoms with Gasteiger partial charge in [0.15, 0.2) is 5.79 Å². The Balaban J connectivity index is 0.000000289. The van der Waals surface area contributed by atoms with Gasteiger partial charge in [0, 0.05) is 53.3 Å². The quantitative estimate of drug-likeness (QED) is 0.349. The first-order chi connectivity index (χ1) is 18.6. The monoisotopic (exact) mass is 562 g/mol. The number of urea groups is 1. The van der Waals surface area contributed by atoms with Gasteiger partial charge in [0.25, 0.3) is 0 Å². The minimum atomic E-state index is -0.187. The third-order valence-corrected chi connectivity index (χ3v) is 9.85. The molecule has 222 valence electrons. The Hall–Kier alpha value is -1.32. The fourth-order valence-corrected chi connectivity index (χ4v) is 7.27. The zero-order chi connectivity index (χ0) is 28.5. The summed E-state index contributed by atoms with van der Waals surface area (Å²) in [4.78, 5) is 18.1. The van der Waals surface area contributed by atoms with E-state index in [9.17, 15) is 4.79 Å². The lowest BCUT2D eigenvalue weighted by Gasteiger charge is -2.37. The Bertz CT molecular complexity index is 855. The average molecular weight is 563 g/mol. The second-order valence-corrected chi connectivity index (χ2v) is 14.1. The Morgan fingerprint density at radius 3 is 2.05 bits per heavy atom. The molecule has 1 saturated heterocycles. The molecular weight excluding hydrogens is 508 g/mol. The van der Waals surface area contributed by atoms with Crippen molar-refractivity contribution < 1.29 is 14.3 Å². The summed E-state index contributed by atoms with van der Waals surface area (Å²) in [5.74, 6) is -0.187. The van der Waals surface area contributed by atoms with E-state index in [0.717, 1.165) is 57.4 Å². The van der Waals surface area contributed by atoms with Gasteiger partial charge in [-0.15, -0.1) is 11.8 Å². The van der Waals surface area contributed by atoms with Gasteiger partial charge in [-0.3, -0.25) is 0 Å². The van der Waals surface area contributed by atoms with E-state index in [2.05, 4.69) is 62.5 Å². The van der Waals surface area contributed by atoms with Crippen LogP contribution in [0.4, 0.5) is 10.5 Å². The Morgan fingerprint density at radius 1 is 0.974 bits per heavy atom. The summed E-state index contributed by atoms with van der Waals surface area (Å²) in [6, 6.07) is 9.90. The molecule has 0 bridgehead atoms. The highest BCUT2D eigenvalue weighted by atomic mass is 32.2. The van der Waals surface area contributed by atoms with Crippen molar-refractivity contribution in [3.05, 3.63) is 24.3 Å². The molecule has 0 radical (unpaired) electrons. The number of nitrogens with zero attached hydrogens (tertiary/aromatic N) is 2. The molecule has 4 rings (SSSR count). The predicted octanol–water partition coefficient (Wildman–Crippen LogP) is 6.59. The molecule has 1 aromatic rings. The molecule has 8 heteroatoms. The van der Waals surface area contributed by atoms with Crippen LogP contribution in [0.3, 0.4) is 0 Å². The second kappa shape index (κ2) is 15.1. The third kappa shape index (κ3) is 9.92. The van der Waals surface area contributed by atoms with Gasteiger partial charge in [-0.1, -0.05) is 27.2 Å². The first-order valence-electron chi connectivity index (χ1n) is 15.0. The number of hydrogen-bond acceptors (Lipinski definition) is 6. The molecule has 3 fully saturated rings. The molecule has 2 amide bonds. The van der Waals surface area contributed by atoms with E-state index in [0.29, 0.717) is 18.1 Å². The van der Waals surface area contributed by atoms with E-state index < -0.39 is 0 Å². The molecule has 2 aliphatic carbocycles. The number of anilines is 1. The first-order valence-corrected chi connectivity index (χ1v) is 15.8. The number of thioether (sulfide) groups is 1. The second-order valence-electron chi connectivity index (χ2n) is 12.3. The maximum atomic E-state index is 12.6. The molecule has 1 spiro atoms. The molecule has 0 atom stereocenters. The van der Waals surface area contributed by atoms with Crippen molar-refractivity contribution in [2.45, 2.75) is 119 Å². The van der Waals surface area contributed by atoms with Gasteiger partial charge in [0.1, 0.15) is 0 Å². The number of amides is 2. The van der Waals surface area contributed by atoms with Gasteiger partial charge in [-0.05, 0) is 90.4 Å². The van der Waals surface area contributed by atoms with Crippen LogP contribution >= 0.6 is 11.8 Å². The summed E-state index contributed by atoms with van der Waals surface area (Å²) in [5, 5.41) is 6.35. The number of ether oxygens (including phenoxy) is 2. The Morgan fingerprint density at radius 2 is 1.54 bits per heavy atom. The van der Waals surface area contributed by atoms with Crippen LogP contribution in [-0.4, -0.2) is 85.9 Å². The number of carbonyl (C=O) groups excluding carboxylic acids is 1. The highest BCUT2D eigenvalue weighted by Crippen LogP contribution is 2.37. The summed E-state index contributed by atoms with van der Waals surface area (Å²) in [6.45, 7) is 8.37. The number of nitrogens with one attached hydrogen (secondary N) is 2. The zero-order valence-electron chi connectivity index (χ0n) is 25.6. The Labute approximate surface area is 242 Å². The van der Waals surface area contributed by atoms with Gasteiger partial charge < -0.3 is 29.9 Å². The highest BCUT2D eigenvalue weighted by Gasteiger charge is 2.39. The van der Waals surface area contributed by atoms with Crippen LogP contribution in [-0.2, 0) is 9.47 Å². The Kier molecular flexibility index (Phi) is 12.4. The average Bonchev–Trinajstić information content (AvgIpc) is 3.37. The van der Waals surface area contributed by atoms with Gasteiger partial charge in [0.2, 0.25) is 0 Å². The van der Waals surface area contributed by atoms with E-state index in [1.807, 2.05) is 42.9 Å². The van der Waals surface area contributed by atoms with Gasteiger partial charge >= 0.3 is 6.03 Å². The number of hydrogen-bond donors (Lipinski definition) is 2. The molecule has 1 aliphatic heterocycles. The normalized spacial score (nSPS) is 23.4. The van der Waals surface area contributed by atoms with Crippen LogP contribution in [0.5, 0.6) is 0 Å². The molecule has 7 nitrogen and oxygen atoms in total. The minimum absolute atomic E-state index is 0.00461. The van der Waals surface area contributed by atoms with Crippen molar-refractivity contribution in [3.8, 4) is 0 Å². The molecule has 3 aliphatic rings. The summed E-state index contributed by atoms with van der Waals surface area (Å²) in [5.41, 5.74) is 0.867. The van der Waals surface area contributed by atoms with Crippen LogP contribution < -0.4 is 10.6 Å². The standard InChI is InChI=1S/C22H37N3OS.C9H17NO2/c1-7-16-22(2,3)27-20-14-8-17(9-15-20)23-21(26)25(6)19-12-10-18(11-13-19)24(4)5;1-10-8-2-4-9(5-3-8)11-6-7-12-9/h8-9,14-15,18-19H,7,10-13,16H2,1-6H3,(H,23,26);8,10H,2-7H2,1H3. The number of rotatable bonds is 8. The van der Waals surface area contributed by atoms with E-state index in [1.54, 1.807) is 0 Å². The van der Waals surface area contributed by atoms with Crippen LogP contribution in [0.25, 0.3) is 0 Å². The maximum absolute atomic E-state index is 12.6. The zero-order valence-corrected chi connectivity index (χ0v) is 26.4. The van der Waals surface area contributed by atoms with Crippen LogP contribution in [0.1, 0.15) is 85.0 Å². The molecule has 39 heavy (non-hydrogen) atoms. The number of carbonyl (C=O) groups is 1. The first kappa shape index (κ1) is 32.2. The van der Waals surface area contributed by atoms with Crippen LogP contribution in [0.2, 0.25) is 0 Å². The SMILES string of the molecule is CCCC(C)(C)Sc1ccc(NC(=O)N(C)C2CCC(N(C)C)CC2)cc1.CNC1CCC2(CC1)OCCO2. The molecular formula is C31H54N4O3S. The van der Waals surface area contributed by atoms with E-state index >= 15 is 0 Å². The van der Waals surface area contributed by atoms with E-state index in [-0.39, 0.29) is 16.6 Å². The fraction of sp³-hybridized carbons (Fsp3) is 0.774. The van der Waals surface area contributed by atoms with Crippen LogP contribution in [0.15, 0.2) is 29.2 Å². The van der Waals surface area contributed by atoms with Crippen molar-refractivity contribution in [3.63, 3.8) is 0 Å². The van der Waals surface area contributed by atoms with Crippen molar-refractivity contribution >= 4 is 23.5 Å². The summed E-state index contributed by atoms with van der Waals surface area (Å²) in [6.07, 6.45) is 11.3. The molecule has 2 saturated carbocycles. The van der Waals surface area contributed by atoms with Crippen molar-refractivity contribution in [1.29, 1.82) is 0 Å². The molecule has 0 unspecified atom stereocenters. The van der Waals surface area contributed by atoms with Gasteiger partial charge in [0.05, 0.1) is 13.2 Å². The predicted molar refractivity (Wildman–Crippen MR) is 164 cm³/mol. The lowest BCUT2D eigenvalue weighted by molar-refractivity contribution is -0.179. The largest absolute Gasteiger partial charge is 0.348 e. The molecule has 1 heterocycles. The lowest BCUT2D eigenvalue weighted by Crippen LogP contribution is -2.44. The van der Waals surface area contributed by atoms with E-state index in [1.165, 1.54) is 30.6 Å². The van der Waals surface area contributed by atoms with Gasteiger partial charge in [-0.25, -0.2) is 4.79 Å². The van der Waals surface area contributed by atoms with E-state index in [4.69, 9.17) is 9.47 Å². The van der Waals surface area contributed by atoms with Crippen molar-refractivity contribution in [2.24, 2.45) is 0 Å². The molecule has 2 N–H and O–H groups in total. The topological polar surface area (TPSA) is 66.1 Å². The smallest absolute Gasteiger partial charge is 0.321 e. The lowest BCUT2D eigenvalue weighted by atomic mass is 9.90. The summed E-state index contributed by atoms with van der Waals surface area (Å²) in [7, 11) is 8.24. The summed E-state index contributed by atoms with van der Waals surface area (Å²) >= 11 is 1.90. The third-order valence-electron chi connectivity index (χ3n) is 8.59. The molecule has 0 aromatic heterocycles. The fourth-order valence-electron chi connectivity index (χ4n) is 6.05. The maximum Gasteiger partial charge on any atom is 0.321 e. The van der Waals surface area contributed by atoms with Gasteiger partial charge in [-0.2, -0.15) is 0 Å². The van der Waals surface area contributed by atoms with Crippen LogP contribution in [0, 0.1) is 0 Å². The van der Waals surface area contributed by atoms with Crippen molar-refractivity contribution in [2.75, 3.05) is 46.7 Å². The highest BCUT2D eigenvalue weighted by molar-refractivity contribution is 8.00. The minimum Gasteiger partial charge on any atom is -0.348 e. The molecule has 1 aromatic carbocycles. The van der Waals surface area contributed by atoms with Crippen molar-refractivity contribution in [1.82, 2.24) is 15.1 Å². The number of benzene rings is 1.